The van der Waals surface area contributed by atoms with Crippen molar-refractivity contribution in [3.05, 3.63) is 29.8 Å². The second kappa shape index (κ2) is 5.87. The van der Waals surface area contributed by atoms with E-state index in [0.717, 1.165) is 25.9 Å². The lowest BCUT2D eigenvalue weighted by atomic mass is 9.89. The first-order chi connectivity index (χ1) is 8.70. The zero-order valence-electron chi connectivity index (χ0n) is 10.6. The molecule has 1 fully saturated rings. The Morgan fingerprint density at radius 3 is 2.50 bits per heavy atom. The Balaban J connectivity index is 1.90. The summed E-state index contributed by atoms with van der Waals surface area (Å²) in [6.07, 6.45) is 1.94. The van der Waals surface area contributed by atoms with E-state index in [9.17, 15) is 9.90 Å². The maximum Gasteiger partial charge on any atom is 0.248 e. The van der Waals surface area contributed by atoms with E-state index in [4.69, 9.17) is 4.74 Å². The van der Waals surface area contributed by atoms with Gasteiger partial charge in [0.25, 0.3) is 0 Å². The fraction of sp³-hybridized carbons (Fsp3) is 0.500. The molecule has 98 valence electrons. The molecule has 0 atom stereocenters. The van der Waals surface area contributed by atoms with Gasteiger partial charge in [0.1, 0.15) is 12.4 Å². The first-order valence-electron chi connectivity index (χ1n) is 6.26. The van der Waals surface area contributed by atoms with Crippen molar-refractivity contribution in [2.45, 2.75) is 18.8 Å². The minimum Gasteiger partial charge on any atom is -0.508 e. The number of rotatable bonds is 3. The van der Waals surface area contributed by atoms with Gasteiger partial charge in [-0.2, -0.15) is 0 Å². The summed E-state index contributed by atoms with van der Waals surface area (Å²) in [5.74, 6) is 0.852. The van der Waals surface area contributed by atoms with Crippen LogP contribution in [0.25, 0.3) is 0 Å². The van der Waals surface area contributed by atoms with Crippen molar-refractivity contribution in [3.63, 3.8) is 0 Å². The van der Waals surface area contributed by atoms with Crippen LogP contribution in [-0.2, 0) is 9.53 Å². The molecular formula is C14H19NO3. The topological polar surface area (TPSA) is 49.8 Å². The van der Waals surface area contributed by atoms with Crippen molar-refractivity contribution in [2.75, 3.05) is 26.8 Å². The van der Waals surface area contributed by atoms with E-state index < -0.39 is 0 Å². The first kappa shape index (κ1) is 12.9. The highest BCUT2D eigenvalue weighted by molar-refractivity contribution is 5.77. The van der Waals surface area contributed by atoms with Gasteiger partial charge in [0.15, 0.2) is 0 Å². The summed E-state index contributed by atoms with van der Waals surface area (Å²) in [6.45, 7) is 1.74. The number of methoxy groups -OCH3 is 1. The third-order valence-corrected chi connectivity index (χ3v) is 3.48. The van der Waals surface area contributed by atoms with Gasteiger partial charge in [-0.1, -0.05) is 12.1 Å². The molecule has 1 saturated heterocycles. The number of likely N-dealkylation sites (tertiary alicyclic amines) is 1. The van der Waals surface area contributed by atoms with Gasteiger partial charge in [0.2, 0.25) is 5.91 Å². The summed E-state index contributed by atoms with van der Waals surface area (Å²) in [4.78, 5) is 13.5. The van der Waals surface area contributed by atoms with Gasteiger partial charge in [-0.25, -0.2) is 0 Å². The van der Waals surface area contributed by atoms with Crippen LogP contribution in [0.4, 0.5) is 0 Å². The molecule has 1 amide bonds. The largest absolute Gasteiger partial charge is 0.508 e. The molecule has 0 spiro atoms. The van der Waals surface area contributed by atoms with Crippen LogP contribution in [-0.4, -0.2) is 42.7 Å². The summed E-state index contributed by atoms with van der Waals surface area (Å²) in [7, 11) is 1.54. The summed E-state index contributed by atoms with van der Waals surface area (Å²) in [5, 5.41) is 9.26. The first-order valence-corrected chi connectivity index (χ1v) is 6.26. The molecule has 1 aliphatic heterocycles. The molecule has 1 aliphatic rings. The van der Waals surface area contributed by atoms with Gasteiger partial charge in [-0.15, -0.1) is 0 Å². The Morgan fingerprint density at radius 1 is 1.33 bits per heavy atom. The number of amides is 1. The maximum absolute atomic E-state index is 11.7. The van der Waals surface area contributed by atoms with Crippen molar-refractivity contribution in [3.8, 4) is 5.75 Å². The SMILES string of the molecule is COCC(=O)N1CCC(c2ccc(O)cc2)CC1. The van der Waals surface area contributed by atoms with Gasteiger partial charge in [-0.05, 0) is 36.5 Å². The quantitative estimate of drug-likeness (QED) is 0.887. The molecule has 1 heterocycles. The number of phenolic OH excluding ortho intramolecular Hbond substituents is 1. The Hall–Kier alpha value is -1.55. The third-order valence-electron chi connectivity index (χ3n) is 3.48. The van der Waals surface area contributed by atoms with E-state index in [1.807, 2.05) is 17.0 Å². The van der Waals surface area contributed by atoms with Crippen LogP contribution in [0.1, 0.15) is 24.3 Å². The molecule has 0 aliphatic carbocycles. The minimum atomic E-state index is 0.0710. The van der Waals surface area contributed by atoms with Crippen LogP contribution < -0.4 is 0 Å². The molecule has 1 aromatic carbocycles. The molecule has 0 bridgehead atoms. The molecule has 1 aromatic rings. The third kappa shape index (κ3) is 3.01. The number of nitrogens with zero attached hydrogens (tertiary/aromatic N) is 1. The number of hydrogen-bond donors (Lipinski definition) is 1. The number of hydrogen-bond acceptors (Lipinski definition) is 3. The molecule has 0 unspecified atom stereocenters. The minimum absolute atomic E-state index is 0.0710. The second-order valence-electron chi connectivity index (χ2n) is 4.68. The van der Waals surface area contributed by atoms with Crippen LogP contribution in [0.15, 0.2) is 24.3 Å². The number of aromatic hydroxyl groups is 1. The van der Waals surface area contributed by atoms with E-state index in [0.29, 0.717) is 11.7 Å². The van der Waals surface area contributed by atoms with E-state index in [1.54, 1.807) is 19.2 Å². The zero-order chi connectivity index (χ0) is 13.0. The molecule has 18 heavy (non-hydrogen) atoms. The summed E-state index contributed by atoms with van der Waals surface area (Å²) in [5.41, 5.74) is 1.24. The summed E-state index contributed by atoms with van der Waals surface area (Å²) in [6, 6.07) is 7.37. The number of carbonyl (C=O) groups is 1. The van der Waals surface area contributed by atoms with Crippen molar-refractivity contribution in [1.82, 2.24) is 4.90 Å². The fourth-order valence-electron chi connectivity index (χ4n) is 2.42. The Bertz CT molecular complexity index is 394. The lowest BCUT2D eigenvalue weighted by Crippen LogP contribution is -2.39. The van der Waals surface area contributed by atoms with Crippen molar-refractivity contribution < 1.29 is 14.6 Å². The van der Waals surface area contributed by atoms with E-state index in [1.165, 1.54) is 5.56 Å². The second-order valence-corrected chi connectivity index (χ2v) is 4.68. The normalized spacial score (nSPS) is 16.8. The van der Waals surface area contributed by atoms with Crippen molar-refractivity contribution >= 4 is 5.91 Å². The highest BCUT2D eigenvalue weighted by Gasteiger charge is 2.23. The predicted molar refractivity (Wildman–Crippen MR) is 68.5 cm³/mol. The van der Waals surface area contributed by atoms with Crippen molar-refractivity contribution in [1.29, 1.82) is 0 Å². The van der Waals surface area contributed by atoms with Gasteiger partial charge in [0, 0.05) is 20.2 Å². The average molecular weight is 249 g/mol. The standard InChI is InChI=1S/C14H19NO3/c1-18-10-14(17)15-8-6-12(7-9-15)11-2-4-13(16)5-3-11/h2-5,12,16H,6-10H2,1H3. The predicted octanol–water partition coefficient (Wildman–Crippen LogP) is 1.74. The monoisotopic (exact) mass is 249 g/mol. The Morgan fingerprint density at radius 2 is 1.94 bits per heavy atom. The van der Waals surface area contributed by atoms with Gasteiger partial charge in [-0.3, -0.25) is 4.79 Å². The number of benzene rings is 1. The van der Waals surface area contributed by atoms with Crippen LogP contribution in [0, 0.1) is 0 Å². The van der Waals surface area contributed by atoms with Crippen LogP contribution in [0.2, 0.25) is 0 Å². The van der Waals surface area contributed by atoms with E-state index in [2.05, 4.69) is 0 Å². The molecule has 0 radical (unpaired) electrons. The highest BCUT2D eigenvalue weighted by atomic mass is 16.5. The Kier molecular flexibility index (Phi) is 4.20. The maximum atomic E-state index is 11.7. The van der Waals surface area contributed by atoms with Crippen molar-refractivity contribution in [2.24, 2.45) is 0 Å². The fourth-order valence-corrected chi connectivity index (χ4v) is 2.42. The molecule has 0 aromatic heterocycles. The van der Waals surface area contributed by atoms with Crippen LogP contribution in [0.3, 0.4) is 0 Å². The number of carbonyl (C=O) groups excluding carboxylic acids is 1. The lowest BCUT2D eigenvalue weighted by Gasteiger charge is -2.32. The lowest BCUT2D eigenvalue weighted by molar-refractivity contribution is -0.136. The molecular weight excluding hydrogens is 230 g/mol. The van der Waals surface area contributed by atoms with E-state index >= 15 is 0 Å². The Labute approximate surface area is 107 Å². The molecule has 4 heteroatoms. The van der Waals surface area contributed by atoms with E-state index in [-0.39, 0.29) is 12.5 Å². The number of phenols is 1. The zero-order valence-corrected chi connectivity index (χ0v) is 10.6. The molecule has 1 N–H and O–H groups in total. The molecule has 2 rings (SSSR count). The van der Waals surface area contributed by atoms with Gasteiger partial charge >= 0.3 is 0 Å². The van der Waals surface area contributed by atoms with Gasteiger partial charge in [0.05, 0.1) is 0 Å². The highest BCUT2D eigenvalue weighted by Crippen LogP contribution is 2.28. The summed E-state index contributed by atoms with van der Waals surface area (Å²) < 4.78 is 4.86. The van der Waals surface area contributed by atoms with Gasteiger partial charge < -0.3 is 14.7 Å². The molecule has 4 nitrogen and oxygen atoms in total. The van der Waals surface area contributed by atoms with Crippen LogP contribution >= 0.6 is 0 Å². The summed E-state index contributed by atoms with van der Waals surface area (Å²) >= 11 is 0. The van der Waals surface area contributed by atoms with Crippen LogP contribution in [0.5, 0.6) is 5.75 Å². The molecule has 0 saturated carbocycles. The number of ether oxygens (including phenoxy) is 1. The average Bonchev–Trinajstić information content (AvgIpc) is 2.40. The number of piperidine rings is 1. The smallest absolute Gasteiger partial charge is 0.248 e.